The normalized spacial score (nSPS) is 13.4. The molecule has 0 fully saturated rings. The molecule has 0 spiro atoms. The fraction of sp³-hybridized carbons (Fsp3) is 0.471. The number of aromatic nitrogens is 2. The van der Waals surface area contributed by atoms with Gasteiger partial charge in [0.25, 0.3) is 0 Å². The SMILES string of the molecule is CCC(C)(C)CNC(C)c1ccc(-n2ccnc2)cc1. The van der Waals surface area contributed by atoms with Gasteiger partial charge in [0.15, 0.2) is 0 Å². The minimum atomic E-state index is 0.352. The monoisotopic (exact) mass is 271 g/mol. The third kappa shape index (κ3) is 3.70. The molecule has 3 heteroatoms. The molecule has 0 saturated heterocycles. The fourth-order valence-corrected chi connectivity index (χ4v) is 2.02. The van der Waals surface area contributed by atoms with E-state index in [0.717, 1.165) is 12.2 Å². The van der Waals surface area contributed by atoms with E-state index in [-0.39, 0.29) is 0 Å². The quantitative estimate of drug-likeness (QED) is 0.862. The van der Waals surface area contributed by atoms with Gasteiger partial charge >= 0.3 is 0 Å². The minimum absolute atomic E-state index is 0.352. The second-order valence-electron chi connectivity index (χ2n) is 6.18. The summed E-state index contributed by atoms with van der Waals surface area (Å²) in [5.74, 6) is 0. The molecule has 1 atom stereocenters. The Morgan fingerprint density at radius 1 is 1.25 bits per heavy atom. The van der Waals surface area contributed by atoms with Crippen LogP contribution in [0, 0.1) is 5.41 Å². The van der Waals surface area contributed by atoms with Crippen molar-refractivity contribution in [3.8, 4) is 5.69 Å². The third-order valence-electron chi connectivity index (χ3n) is 4.04. The van der Waals surface area contributed by atoms with E-state index in [0.29, 0.717) is 11.5 Å². The molecule has 0 aliphatic rings. The van der Waals surface area contributed by atoms with Crippen molar-refractivity contribution in [3.05, 3.63) is 48.5 Å². The van der Waals surface area contributed by atoms with Gasteiger partial charge in [-0.3, -0.25) is 0 Å². The second-order valence-corrected chi connectivity index (χ2v) is 6.18. The van der Waals surface area contributed by atoms with Crippen molar-refractivity contribution in [2.24, 2.45) is 5.41 Å². The van der Waals surface area contributed by atoms with E-state index in [9.17, 15) is 0 Å². The Kier molecular flexibility index (Phi) is 4.61. The summed E-state index contributed by atoms with van der Waals surface area (Å²) in [6.07, 6.45) is 6.76. The Labute approximate surface area is 122 Å². The largest absolute Gasteiger partial charge is 0.310 e. The molecule has 1 aromatic heterocycles. The zero-order valence-corrected chi connectivity index (χ0v) is 12.9. The first-order chi connectivity index (χ1) is 9.52. The number of nitrogens with zero attached hydrogens (tertiary/aromatic N) is 2. The molecule has 0 saturated carbocycles. The van der Waals surface area contributed by atoms with Crippen molar-refractivity contribution in [1.82, 2.24) is 14.9 Å². The van der Waals surface area contributed by atoms with Crippen molar-refractivity contribution in [1.29, 1.82) is 0 Å². The van der Waals surface area contributed by atoms with Crippen LogP contribution in [0.15, 0.2) is 43.0 Å². The molecule has 0 amide bonds. The minimum Gasteiger partial charge on any atom is -0.310 e. The molecular formula is C17H25N3. The van der Waals surface area contributed by atoms with Gasteiger partial charge in [-0.05, 0) is 36.5 Å². The molecule has 0 aliphatic heterocycles. The predicted molar refractivity (Wildman–Crippen MR) is 84.1 cm³/mol. The predicted octanol–water partition coefficient (Wildman–Crippen LogP) is 3.96. The standard InChI is InChI=1S/C17H25N3/c1-5-17(3,4)12-19-14(2)15-6-8-16(9-7-15)20-11-10-18-13-20/h6-11,13-14,19H,5,12H2,1-4H3. The lowest BCUT2D eigenvalue weighted by molar-refractivity contribution is 0.314. The molecule has 108 valence electrons. The maximum atomic E-state index is 4.07. The number of nitrogens with one attached hydrogen (secondary N) is 1. The van der Waals surface area contributed by atoms with E-state index in [1.807, 2.05) is 17.1 Å². The molecule has 2 rings (SSSR count). The Balaban J connectivity index is 1.99. The topological polar surface area (TPSA) is 29.9 Å². The fourth-order valence-electron chi connectivity index (χ4n) is 2.02. The zero-order chi connectivity index (χ0) is 14.6. The van der Waals surface area contributed by atoms with E-state index in [1.54, 1.807) is 6.20 Å². The Morgan fingerprint density at radius 3 is 2.50 bits per heavy atom. The van der Waals surface area contributed by atoms with E-state index >= 15 is 0 Å². The maximum absolute atomic E-state index is 4.07. The number of hydrogen-bond acceptors (Lipinski definition) is 2. The smallest absolute Gasteiger partial charge is 0.0991 e. The van der Waals surface area contributed by atoms with Gasteiger partial charge in [-0.15, -0.1) is 0 Å². The highest BCUT2D eigenvalue weighted by molar-refractivity contribution is 5.35. The first-order valence-corrected chi connectivity index (χ1v) is 7.33. The molecule has 20 heavy (non-hydrogen) atoms. The summed E-state index contributed by atoms with van der Waals surface area (Å²) in [6.45, 7) is 10.1. The summed E-state index contributed by atoms with van der Waals surface area (Å²) in [5, 5.41) is 3.63. The number of benzene rings is 1. The van der Waals surface area contributed by atoms with E-state index in [4.69, 9.17) is 0 Å². The lowest BCUT2D eigenvalue weighted by Gasteiger charge is -2.26. The van der Waals surface area contributed by atoms with Gasteiger partial charge in [0.2, 0.25) is 0 Å². The van der Waals surface area contributed by atoms with Crippen LogP contribution in [0.3, 0.4) is 0 Å². The summed E-state index contributed by atoms with van der Waals surface area (Å²) in [4.78, 5) is 4.07. The van der Waals surface area contributed by atoms with Gasteiger partial charge in [-0.2, -0.15) is 0 Å². The average Bonchev–Trinajstić information content (AvgIpc) is 2.99. The van der Waals surface area contributed by atoms with Gasteiger partial charge in [-0.1, -0.05) is 32.9 Å². The van der Waals surface area contributed by atoms with Crippen molar-refractivity contribution in [2.75, 3.05) is 6.54 Å². The lowest BCUT2D eigenvalue weighted by atomic mass is 9.90. The van der Waals surface area contributed by atoms with Crippen molar-refractivity contribution >= 4 is 0 Å². The van der Waals surface area contributed by atoms with Crippen LogP contribution in [0.5, 0.6) is 0 Å². The van der Waals surface area contributed by atoms with Gasteiger partial charge in [0.1, 0.15) is 0 Å². The van der Waals surface area contributed by atoms with Crippen LogP contribution in [0.2, 0.25) is 0 Å². The Hall–Kier alpha value is -1.61. The van der Waals surface area contributed by atoms with Crippen LogP contribution in [-0.4, -0.2) is 16.1 Å². The number of hydrogen-bond donors (Lipinski definition) is 1. The molecule has 0 bridgehead atoms. The summed E-state index contributed by atoms with van der Waals surface area (Å²) in [6, 6.07) is 9.02. The van der Waals surface area contributed by atoms with E-state index in [2.05, 4.69) is 62.3 Å². The molecule has 1 heterocycles. The number of rotatable bonds is 6. The van der Waals surface area contributed by atoms with Crippen molar-refractivity contribution in [2.45, 2.75) is 40.2 Å². The molecule has 1 N–H and O–H groups in total. The zero-order valence-electron chi connectivity index (χ0n) is 12.9. The highest BCUT2D eigenvalue weighted by Crippen LogP contribution is 2.21. The van der Waals surface area contributed by atoms with Crippen LogP contribution in [0.1, 0.15) is 45.7 Å². The molecule has 0 radical (unpaired) electrons. The maximum Gasteiger partial charge on any atom is 0.0991 e. The lowest BCUT2D eigenvalue weighted by Crippen LogP contribution is -2.30. The third-order valence-corrected chi connectivity index (χ3v) is 4.04. The summed E-state index contributed by atoms with van der Waals surface area (Å²) < 4.78 is 2.02. The van der Waals surface area contributed by atoms with Crippen molar-refractivity contribution < 1.29 is 0 Å². The van der Waals surface area contributed by atoms with E-state index in [1.165, 1.54) is 12.0 Å². The molecule has 2 aromatic rings. The molecule has 1 unspecified atom stereocenters. The molecule has 0 aliphatic carbocycles. The van der Waals surface area contributed by atoms with Crippen LogP contribution in [-0.2, 0) is 0 Å². The van der Waals surface area contributed by atoms with Crippen LogP contribution in [0.4, 0.5) is 0 Å². The van der Waals surface area contributed by atoms with Gasteiger partial charge in [0.05, 0.1) is 6.33 Å². The highest BCUT2D eigenvalue weighted by atomic mass is 15.0. The van der Waals surface area contributed by atoms with Crippen LogP contribution >= 0.6 is 0 Å². The average molecular weight is 271 g/mol. The van der Waals surface area contributed by atoms with Crippen molar-refractivity contribution in [3.63, 3.8) is 0 Å². The van der Waals surface area contributed by atoms with Gasteiger partial charge < -0.3 is 9.88 Å². The summed E-state index contributed by atoms with van der Waals surface area (Å²) >= 11 is 0. The Bertz CT molecular complexity index is 512. The molecule has 3 nitrogen and oxygen atoms in total. The summed E-state index contributed by atoms with van der Waals surface area (Å²) in [7, 11) is 0. The molecular weight excluding hydrogens is 246 g/mol. The Morgan fingerprint density at radius 2 is 1.95 bits per heavy atom. The highest BCUT2D eigenvalue weighted by Gasteiger charge is 2.16. The van der Waals surface area contributed by atoms with E-state index < -0.39 is 0 Å². The summed E-state index contributed by atoms with van der Waals surface area (Å²) in [5.41, 5.74) is 2.82. The molecule has 1 aromatic carbocycles. The number of imidazole rings is 1. The van der Waals surface area contributed by atoms with Gasteiger partial charge in [0, 0.05) is 30.7 Å². The van der Waals surface area contributed by atoms with Crippen LogP contribution < -0.4 is 5.32 Å². The second kappa shape index (κ2) is 6.23. The first kappa shape index (κ1) is 14.8. The first-order valence-electron chi connectivity index (χ1n) is 7.33. The van der Waals surface area contributed by atoms with Crippen LogP contribution in [0.25, 0.3) is 5.69 Å². The van der Waals surface area contributed by atoms with Gasteiger partial charge in [-0.25, -0.2) is 4.98 Å².